The third-order valence-corrected chi connectivity index (χ3v) is 9.99. The van der Waals surface area contributed by atoms with E-state index >= 15 is 0 Å². The lowest BCUT2D eigenvalue weighted by molar-refractivity contribution is -0.0147. The molecule has 1 amide bonds. The number of aliphatic hydroxyl groups is 1. The fourth-order valence-corrected chi connectivity index (χ4v) is 6.90. The van der Waals surface area contributed by atoms with Gasteiger partial charge in [-0.3, -0.25) is 4.79 Å². The average molecular weight is 594 g/mol. The van der Waals surface area contributed by atoms with E-state index in [0.717, 1.165) is 33.7 Å². The number of para-hydroxylation sites is 1. The molecule has 3 atom stereocenters. The maximum Gasteiger partial charge on any atom is 0.271 e. The summed E-state index contributed by atoms with van der Waals surface area (Å²) in [6, 6.07) is 20.0. The number of aliphatic hydroxyl groups excluding tert-OH is 1. The zero-order valence-corrected chi connectivity index (χ0v) is 25.0. The standard InChI is InChI=1S/C32H36FN3O5S/c1-21-17-36(22(2)19-37)32(38)31-30(27-14-7-8-15-28(27)35(31)4)26-13-6-5-10-23(26)20-41-29(21)18-34(3)42(39,40)25-12-9-11-24(33)16-25/h5-16,21-22,29,37H,17-20H2,1-4H3/t21-,22-,29+/m1/s1. The van der Waals surface area contributed by atoms with Gasteiger partial charge in [0.25, 0.3) is 5.91 Å². The molecule has 42 heavy (non-hydrogen) atoms. The molecule has 0 saturated carbocycles. The summed E-state index contributed by atoms with van der Waals surface area (Å²) in [6.45, 7) is 3.84. The zero-order valence-electron chi connectivity index (χ0n) is 24.2. The first-order valence-electron chi connectivity index (χ1n) is 14.0. The van der Waals surface area contributed by atoms with Gasteiger partial charge in [-0.2, -0.15) is 4.31 Å². The molecular weight excluding hydrogens is 557 g/mol. The van der Waals surface area contributed by atoms with Crippen molar-refractivity contribution in [1.82, 2.24) is 13.8 Å². The fraction of sp³-hybridized carbons (Fsp3) is 0.344. The Morgan fingerprint density at radius 3 is 2.55 bits per heavy atom. The molecule has 0 unspecified atom stereocenters. The Morgan fingerprint density at radius 2 is 1.81 bits per heavy atom. The number of carbonyl (C=O) groups excluding carboxylic acids is 1. The quantitative estimate of drug-likeness (QED) is 0.351. The Hall–Kier alpha value is -3.57. The van der Waals surface area contributed by atoms with E-state index < -0.39 is 28.0 Å². The number of amides is 1. The monoisotopic (exact) mass is 593 g/mol. The predicted molar refractivity (Wildman–Crippen MR) is 160 cm³/mol. The second-order valence-electron chi connectivity index (χ2n) is 11.0. The number of likely N-dealkylation sites (N-methyl/N-ethyl adjacent to an activating group) is 1. The van der Waals surface area contributed by atoms with E-state index in [-0.39, 0.29) is 43.0 Å². The number of aromatic nitrogens is 1. The molecule has 0 saturated heterocycles. The van der Waals surface area contributed by atoms with Gasteiger partial charge in [0.1, 0.15) is 11.5 Å². The van der Waals surface area contributed by atoms with Crippen LogP contribution >= 0.6 is 0 Å². The second kappa shape index (κ2) is 12.0. The van der Waals surface area contributed by atoms with Crippen LogP contribution in [0.2, 0.25) is 0 Å². The van der Waals surface area contributed by atoms with Crippen molar-refractivity contribution in [3.05, 3.63) is 89.9 Å². The van der Waals surface area contributed by atoms with Crippen LogP contribution in [-0.4, -0.2) is 72.1 Å². The smallest absolute Gasteiger partial charge is 0.271 e. The van der Waals surface area contributed by atoms with E-state index in [2.05, 4.69) is 0 Å². The molecule has 1 aromatic heterocycles. The summed E-state index contributed by atoms with van der Waals surface area (Å²) in [4.78, 5) is 15.9. The summed E-state index contributed by atoms with van der Waals surface area (Å²) in [5.41, 5.74) is 3.93. The van der Waals surface area contributed by atoms with E-state index in [1.165, 1.54) is 29.6 Å². The molecule has 0 fully saturated rings. The number of hydrogen-bond donors (Lipinski definition) is 1. The first kappa shape index (κ1) is 29.9. The van der Waals surface area contributed by atoms with Gasteiger partial charge in [0.05, 0.1) is 30.3 Å². The third kappa shape index (κ3) is 5.47. The number of halogens is 1. The molecule has 4 aromatic rings. The van der Waals surface area contributed by atoms with Crippen LogP contribution in [0, 0.1) is 11.7 Å². The van der Waals surface area contributed by atoms with Gasteiger partial charge in [-0.25, -0.2) is 12.8 Å². The molecule has 1 aliphatic rings. The van der Waals surface area contributed by atoms with E-state index in [1.807, 2.05) is 67.1 Å². The highest BCUT2D eigenvalue weighted by Gasteiger charge is 2.35. The van der Waals surface area contributed by atoms with Crippen LogP contribution in [0.3, 0.4) is 0 Å². The van der Waals surface area contributed by atoms with E-state index in [1.54, 1.807) is 11.8 Å². The molecule has 10 heteroatoms. The minimum atomic E-state index is -4.01. The molecule has 0 radical (unpaired) electrons. The molecule has 1 aliphatic heterocycles. The Labute approximate surface area is 246 Å². The van der Waals surface area contributed by atoms with Crippen molar-refractivity contribution in [2.24, 2.45) is 13.0 Å². The Kier molecular flexibility index (Phi) is 8.52. The number of rotatable bonds is 6. The number of aryl methyl sites for hydroxylation is 1. The van der Waals surface area contributed by atoms with E-state index in [4.69, 9.17) is 4.74 Å². The minimum Gasteiger partial charge on any atom is -0.394 e. The second-order valence-corrected chi connectivity index (χ2v) is 13.1. The number of carbonyl (C=O) groups is 1. The highest BCUT2D eigenvalue weighted by atomic mass is 32.2. The molecular formula is C32H36FN3O5S. The molecule has 0 aliphatic carbocycles. The summed E-state index contributed by atoms with van der Waals surface area (Å²) < 4.78 is 50.1. The summed E-state index contributed by atoms with van der Waals surface area (Å²) in [6.07, 6.45) is -0.620. The molecule has 5 rings (SSSR count). The number of benzene rings is 3. The number of ether oxygens (including phenoxy) is 1. The van der Waals surface area contributed by atoms with Gasteiger partial charge in [-0.15, -0.1) is 0 Å². The minimum absolute atomic E-state index is 0.0202. The largest absolute Gasteiger partial charge is 0.394 e. The molecule has 8 nitrogen and oxygen atoms in total. The van der Waals surface area contributed by atoms with Gasteiger partial charge in [0.15, 0.2) is 0 Å². The van der Waals surface area contributed by atoms with Crippen molar-refractivity contribution in [1.29, 1.82) is 0 Å². The van der Waals surface area contributed by atoms with Gasteiger partial charge < -0.3 is 19.3 Å². The lowest BCUT2D eigenvalue weighted by Gasteiger charge is -2.35. The van der Waals surface area contributed by atoms with Crippen LogP contribution in [0.4, 0.5) is 4.39 Å². The van der Waals surface area contributed by atoms with Crippen molar-refractivity contribution >= 4 is 26.8 Å². The third-order valence-electron chi connectivity index (χ3n) is 8.17. The van der Waals surface area contributed by atoms with Crippen LogP contribution in [-0.2, 0) is 28.4 Å². The highest BCUT2D eigenvalue weighted by molar-refractivity contribution is 7.89. The van der Waals surface area contributed by atoms with Crippen LogP contribution in [0.25, 0.3) is 22.0 Å². The predicted octanol–water partition coefficient (Wildman–Crippen LogP) is 4.66. The van der Waals surface area contributed by atoms with Gasteiger partial charge in [-0.1, -0.05) is 55.5 Å². The van der Waals surface area contributed by atoms with Crippen LogP contribution in [0.1, 0.15) is 29.9 Å². The highest BCUT2D eigenvalue weighted by Crippen LogP contribution is 2.38. The fourth-order valence-electron chi connectivity index (χ4n) is 5.68. The van der Waals surface area contributed by atoms with Crippen molar-refractivity contribution in [3.63, 3.8) is 0 Å². The maximum absolute atomic E-state index is 14.4. The topological polar surface area (TPSA) is 92.1 Å². The summed E-state index contributed by atoms with van der Waals surface area (Å²) in [5, 5.41) is 11.1. The van der Waals surface area contributed by atoms with Gasteiger partial charge in [0.2, 0.25) is 10.0 Å². The maximum atomic E-state index is 14.4. The van der Waals surface area contributed by atoms with Crippen molar-refractivity contribution in [3.8, 4) is 11.1 Å². The summed E-state index contributed by atoms with van der Waals surface area (Å²) >= 11 is 0. The van der Waals surface area contributed by atoms with Crippen LogP contribution in [0.15, 0.2) is 77.7 Å². The Morgan fingerprint density at radius 1 is 1.10 bits per heavy atom. The molecule has 2 heterocycles. The van der Waals surface area contributed by atoms with Crippen molar-refractivity contribution < 1.29 is 27.4 Å². The molecule has 1 N–H and O–H groups in total. The van der Waals surface area contributed by atoms with Gasteiger partial charge >= 0.3 is 0 Å². The van der Waals surface area contributed by atoms with Crippen LogP contribution in [0.5, 0.6) is 0 Å². The summed E-state index contributed by atoms with van der Waals surface area (Å²) in [5.74, 6) is -1.19. The van der Waals surface area contributed by atoms with E-state index in [9.17, 15) is 22.7 Å². The summed E-state index contributed by atoms with van der Waals surface area (Å²) in [7, 11) is -0.696. The zero-order chi connectivity index (χ0) is 30.2. The first-order chi connectivity index (χ1) is 20.0. The first-order valence-corrected chi connectivity index (χ1v) is 15.4. The van der Waals surface area contributed by atoms with Gasteiger partial charge in [0, 0.05) is 49.6 Å². The number of fused-ring (bicyclic) bond motifs is 5. The normalized spacial score (nSPS) is 18.9. The number of nitrogens with zero attached hydrogens (tertiary/aromatic N) is 3. The Balaban J connectivity index is 1.61. The van der Waals surface area contributed by atoms with Gasteiger partial charge in [-0.05, 0) is 42.3 Å². The Bertz CT molecular complexity index is 1720. The van der Waals surface area contributed by atoms with E-state index in [0.29, 0.717) is 5.69 Å². The number of hydrogen-bond acceptors (Lipinski definition) is 5. The number of sulfonamides is 1. The molecule has 0 spiro atoms. The van der Waals surface area contributed by atoms with Crippen LogP contribution < -0.4 is 0 Å². The SMILES string of the molecule is C[C@@H]1CN([C@H](C)CO)C(=O)c2c(c3ccccc3n2C)-c2ccccc2CO[C@H]1CN(C)S(=O)(=O)c1cccc(F)c1. The lowest BCUT2D eigenvalue weighted by atomic mass is 9.96. The van der Waals surface area contributed by atoms with Crippen molar-refractivity contribution in [2.45, 2.75) is 37.5 Å². The van der Waals surface area contributed by atoms with Crippen molar-refractivity contribution in [2.75, 3.05) is 26.7 Å². The molecule has 222 valence electrons. The molecule has 0 bridgehead atoms. The molecule has 3 aromatic carbocycles. The lowest BCUT2D eigenvalue weighted by Crippen LogP contribution is -2.48. The average Bonchev–Trinajstić information content (AvgIpc) is 3.28.